The fourth-order valence-electron chi connectivity index (χ4n) is 2.65. The normalized spacial score (nSPS) is 10.2. The van der Waals surface area contributed by atoms with Gasteiger partial charge in [0.25, 0.3) is 0 Å². The second-order valence-corrected chi connectivity index (χ2v) is 7.44. The number of carboxylic acid groups (broad SMARTS) is 1. The molecule has 160 valence electrons. The molecule has 0 aromatic carbocycles. The molecule has 9 heteroatoms. The van der Waals surface area contributed by atoms with Crippen LogP contribution in [-0.4, -0.2) is 104 Å². The van der Waals surface area contributed by atoms with E-state index in [1.54, 1.807) is 0 Å². The maximum atomic E-state index is 10.3. The average Bonchev–Trinajstić information content (AvgIpc) is 2.49. The molecule has 0 heterocycles. The van der Waals surface area contributed by atoms with Gasteiger partial charge in [-0.3, -0.25) is 13.9 Å². The quantitative estimate of drug-likeness (QED) is 0.181. The van der Waals surface area contributed by atoms with Gasteiger partial charge in [-0.2, -0.15) is 8.42 Å². The van der Waals surface area contributed by atoms with Gasteiger partial charge >= 0.3 is 91.8 Å². The summed E-state index contributed by atoms with van der Waals surface area (Å²) in [6.45, 7) is 2.27. The number of unbranched alkanes of at least 4 members (excludes halogenated alkanes) is 14. The van der Waals surface area contributed by atoms with Gasteiger partial charge in [0, 0.05) is 6.42 Å². The zero-order valence-electron chi connectivity index (χ0n) is 15.8. The Morgan fingerprint density at radius 1 is 0.630 bits per heavy atom. The number of rotatable bonds is 16. The Balaban J connectivity index is -0.000000333. The van der Waals surface area contributed by atoms with Crippen LogP contribution >= 0.6 is 0 Å². The molecule has 0 bridgehead atoms. The first-order valence-electron chi connectivity index (χ1n) is 9.69. The van der Waals surface area contributed by atoms with Crippen LogP contribution in [0, 0.1) is 0 Å². The molecule has 0 saturated carbocycles. The van der Waals surface area contributed by atoms with E-state index >= 15 is 0 Å². The first-order valence-corrected chi connectivity index (χ1v) is 11.1. The number of aliphatic carboxylic acids is 1. The summed E-state index contributed by atoms with van der Waals surface area (Å²) in [5.74, 6) is -0.653. The summed E-state index contributed by atoms with van der Waals surface area (Å²) in [6.07, 6.45) is 20.2. The third-order valence-electron chi connectivity index (χ3n) is 3.99. The molecular formula is C18H42Ca2O6S. The van der Waals surface area contributed by atoms with E-state index in [9.17, 15) is 4.79 Å². The molecule has 0 aromatic heterocycles. The van der Waals surface area contributed by atoms with E-state index in [2.05, 4.69) is 6.92 Å². The molecule has 3 N–H and O–H groups in total. The first kappa shape index (κ1) is 36.2. The molecule has 0 amide bonds. The van der Waals surface area contributed by atoms with E-state index in [-0.39, 0.29) is 75.5 Å². The Bertz CT molecular complexity index is 383. The molecule has 0 unspecified atom stereocenters. The van der Waals surface area contributed by atoms with Gasteiger partial charge in [0.2, 0.25) is 0 Å². The van der Waals surface area contributed by atoms with Crippen LogP contribution in [-0.2, 0) is 15.2 Å². The predicted octanol–water partition coefficient (Wildman–Crippen LogP) is 3.85. The Kier molecular flexibility index (Phi) is 37.4. The van der Waals surface area contributed by atoms with Gasteiger partial charge in [0.05, 0.1) is 0 Å². The topological polar surface area (TPSA) is 112 Å². The van der Waals surface area contributed by atoms with Crippen molar-refractivity contribution in [2.45, 2.75) is 110 Å². The molecule has 0 atom stereocenters. The molecule has 0 aliphatic rings. The van der Waals surface area contributed by atoms with Crippen molar-refractivity contribution in [2.75, 3.05) is 0 Å². The number of hydrogen-bond acceptors (Lipinski definition) is 3. The monoisotopic (exact) mass is 466 g/mol. The maximum absolute atomic E-state index is 10.3. The standard InChI is InChI=1S/C18H36O2.2Ca.H2O4S.4H/c1-2-3-4-5-6-7-8-9-10-11-12-13-14-15-16-17-18(19)20;;;1-5(2,3)4;;;;/h2-17H2,1H3,(H,19,20);;;(H2,1,2,3,4);;;;. The van der Waals surface area contributed by atoms with Crippen molar-refractivity contribution in [2.24, 2.45) is 0 Å². The molecule has 0 saturated heterocycles. The molecule has 0 rings (SSSR count). The van der Waals surface area contributed by atoms with Gasteiger partial charge in [0.15, 0.2) is 0 Å². The summed E-state index contributed by atoms with van der Waals surface area (Å²) in [4.78, 5) is 10.3. The van der Waals surface area contributed by atoms with E-state index in [1.165, 1.54) is 83.5 Å². The number of carbonyl (C=O) groups is 1. The third-order valence-corrected chi connectivity index (χ3v) is 3.99. The number of carboxylic acids is 1. The predicted molar refractivity (Wildman–Crippen MR) is 118 cm³/mol. The van der Waals surface area contributed by atoms with Crippen LogP contribution < -0.4 is 0 Å². The summed E-state index contributed by atoms with van der Waals surface area (Å²) in [5, 5.41) is 8.52. The molecule has 0 spiro atoms. The molecule has 0 aliphatic carbocycles. The number of hydrogen-bond donors (Lipinski definition) is 3. The summed E-state index contributed by atoms with van der Waals surface area (Å²) in [6, 6.07) is 0. The van der Waals surface area contributed by atoms with Crippen molar-refractivity contribution in [3.05, 3.63) is 0 Å². The second kappa shape index (κ2) is 27.9. The summed E-state index contributed by atoms with van der Waals surface area (Å²) in [7, 11) is -4.67. The van der Waals surface area contributed by atoms with Gasteiger partial charge in [0.1, 0.15) is 0 Å². The van der Waals surface area contributed by atoms with Crippen molar-refractivity contribution in [1.29, 1.82) is 0 Å². The molecule has 0 aliphatic heterocycles. The Hall–Kier alpha value is 1.86. The molecule has 6 nitrogen and oxygen atoms in total. The Morgan fingerprint density at radius 3 is 1.07 bits per heavy atom. The van der Waals surface area contributed by atoms with Crippen LogP contribution in [0.5, 0.6) is 0 Å². The van der Waals surface area contributed by atoms with E-state index in [0.717, 1.165) is 12.8 Å². The minimum atomic E-state index is -4.67. The average molecular weight is 467 g/mol. The van der Waals surface area contributed by atoms with Crippen LogP contribution in [0.25, 0.3) is 0 Å². The van der Waals surface area contributed by atoms with Gasteiger partial charge in [-0.25, -0.2) is 0 Å². The summed E-state index contributed by atoms with van der Waals surface area (Å²) in [5.41, 5.74) is 0. The van der Waals surface area contributed by atoms with Crippen LogP contribution in [0.2, 0.25) is 0 Å². The zero-order valence-corrected chi connectivity index (χ0v) is 16.6. The van der Waals surface area contributed by atoms with E-state index in [1.807, 2.05) is 0 Å². The SMILES string of the molecule is CCCCCCCCCCCCCCCCCC(=O)O.O=S(=O)(O)O.[CaH2].[CaH2]. The van der Waals surface area contributed by atoms with E-state index < -0.39 is 16.4 Å². The van der Waals surface area contributed by atoms with Crippen molar-refractivity contribution >= 4 is 91.8 Å². The van der Waals surface area contributed by atoms with Crippen molar-refractivity contribution < 1.29 is 27.4 Å². The van der Waals surface area contributed by atoms with Gasteiger partial charge in [-0.05, 0) is 6.42 Å². The van der Waals surface area contributed by atoms with Crippen LogP contribution in [0.1, 0.15) is 110 Å². The molecule has 0 radical (unpaired) electrons. The first-order chi connectivity index (χ1) is 11.8. The van der Waals surface area contributed by atoms with E-state index in [0.29, 0.717) is 6.42 Å². The van der Waals surface area contributed by atoms with Gasteiger partial charge in [-0.1, -0.05) is 96.8 Å². The van der Waals surface area contributed by atoms with Gasteiger partial charge < -0.3 is 5.11 Å². The minimum absolute atomic E-state index is 0. The van der Waals surface area contributed by atoms with Gasteiger partial charge in [-0.15, -0.1) is 0 Å². The Labute approximate surface area is 226 Å². The Morgan fingerprint density at radius 2 is 0.852 bits per heavy atom. The molecule has 0 fully saturated rings. The van der Waals surface area contributed by atoms with Crippen LogP contribution in [0.15, 0.2) is 0 Å². The summed E-state index contributed by atoms with van der Waals surface area (Å²) >= 11 is 0. The van der Waals surface area contributed by atoms with Crippen LogP contribution in [0.4, 0.5) is 0 Å². The molecular weight excluding hydrogens is 424 g/mol. The molecule has 27 heavy (non-hydrogen) atoms. The second-order valence-electron chi connectivity index (χ2n) is 6.54. The molecule has 0 aromatic rings. The fourth-order valence-corrected chi connectivity index (χ4v) is 2.65. The fraction of sp³-hybridized carbons (Fsp3) is 0.944. The summed E-state index contributed by atoms with van der Waals surface area (Å²) < 4.78 is 31.6. The van der Waals surface area contributed by atoms with E-state index in [4.69, 9.17) is 22.6 Å². The van der Waals surface area contributed by atoms with Crippen LogP contribution in [0.3, 0.4) is 0 Å². The van der Waals surface area contributed by atoms with Crippen molar-refractivity contribution in [1.82, 2.24) is 0 Å². The third kappa shape index (κ3) is 52.4. The van der Waals surface area contributed by atoms with Crippen molar-refractivity contribution in [3.63, 3.8) is 0 Å². The van der Waals surface area contributed by atoms with Crippen molar-refractivity contribution in [3.8, 4) is 0 Å². The zero-order chi connectivity index (χ0) is 19.4.